The topological polar surface area (TPSA) is 77.0 Å². The van der Waals surface area contributed by atoms with Crippen LogP contribution in [-0.2, 0) is 6.54 Å². The molecule has 0 bridgehead atoms. The van der Waals surface area contributed by atoms with Gasteiger partial charge < -0.3 is 10.1 Å². The molecule has 0 atom stereocenters. The molecule has 114 valence electrons. The lowest BCUT2D eigenvalue weighted by atomic mass is 10.2. The minimum absolute atomic E-state index is 0.266. The van der Waals surface area contributed by atoms with Gasteiger partial charge >= 0.3 is 0 Å². The van der Waals surface area contributed by atoms with Gasteiger partial charge in [-0.2, -0.15) is 0 Å². The van der Waals surface area contributed by atoms with Crippen molar-refractivity contribution < 1.29 is 9.53 Å². The number of hydrogen-bond donors (Lipinski definition) is 1. The summed E-state index contributed by atoms with van der Waals surface area (Å²) in [6, 6.07) is 13.0. The number of nitrogens with zero attached hydrogens (tertiary/aromatic N) is 3. The predicted octanol–water partition coefficient (Wildman–Crippen LogP) is 2.59. The minimum atomic E-state index is -0.299. The van der Waals surface area contributed by atoms with Crippen LogP contribution in [0.25, 0.3) is 0 Å². The molecule has 1 amide bonds. The van der Waals surface area contributed by atoms with E-state index < -0.39 is 0 Å². The van der Waals surface area contributed by atoms with Gasteiger partial charge in [-0.05, 0) is 18.2 Å². The van der Waals surface area contributed by atoms with Crippen LogP contribution < -0.4 is 10.1 Å². The molecule has 23 heavy (non-hydrogen) atoms. The number of nitrogens with one attached hydrogen (secondary N) is 1. The zero-order valence-corrected chi connectivity index (χ0v) is 12.2. The van der Waals surface area contributed by atoms with Gasteiger partial charge in [-0.15, -0.1) is 0 Å². The van der Waals surface area contributed by atoms with Gasteiger partial charge in [0.25, 0.3) is 5.91 Å². The first-order valence-corrected chi connectivity index (χ1v) is 7.04. The molecule has 6 heteroatoms. The summed E-state index contributed by atoms with van der Waals surface area (Å²) >= 11 is 0. The van der Waals surface area contributed by atoms with Crippen LogP contribution in [0.5, 0.6) is 11.6 Å². The van der Waals surface area contributed by atoms with E-state index >= 15 is 0 Å². The van der Waals surface area contributed by atoms with Gasteiger partial charge in [0.05, 0.1) is 6.20 Å². The van der Waals surface area contributed by atoms with Gasteiger partial charge in [0, 0.05) is 30.7 Å². The summed E-state index contributed by atoms with van der Waals surface area (Å²) in [5.41, 5.74) is 1.04. The maximum Gasteiger partial charge on any atom is 0.271 e. The fraction of sp³-hybridized carbons (Fsp3) is 0.0588. The Kier molecular flexibility index (Phi) is 4.54. The molecular formula is C17H14N4O2. The maximum atomic E-state index is 12.0. The van der Waals surface area contributed by atoms with E-state index in [1.54, 1.807) is 12.3 Å². The van der Waals surface area contributed by atoms with Gasteiger partial charge in [-0.1, -0.05) is 24.3 Å². The third-order valence-electron chi connectivity index (χ3n) is 3.04. The number of carbonyl (C=O) groups is 1. The first-order valence-electron chi connectivity index (χ1n) is 7.04. The molecule has 0 spiro atoms. The number of para-hydroxylation sites is 1. The number of rotatable bonds is 5. The number of aromatic nitrogens is 3. The summed E-state index contributed by atoms with van der Waals surface area (Å²) < 4.78 is 5.76. The molecule has 2 aromatic heterocycles. The van der Waals surface area contributed by atoms with Gasteiger partial charge in [0.15, 0.2) is 0 Å². The molecule has 6 nitrogen and oxygen atoms in total. The van der Waals surface area contributed by atoms with Crippen molar-refractivity contribution >= 4 is 5.91 Å². The number of ether oxygens (including phenoxy) is 1. The van der Waals surface area contributed by atoms with Crippen molar-refractivity contribution in [3.63, 3.8) is 0 Å². The van der Waals surface area contributed by atoms with Crippen molar-refractivity contribution in [2.45, 2.75) is 6.54 Å². The molecule has 0 aliphatic carbocycles. The second-order valence-corrected chi connectivity index (χ2v) is 4.66. The van der Waals surface area contributed by atoms with Crippen molar-refractivity contribution in [3.8, 4) is 11.6 Å². The lowest BCUT2D eigenvalue weighted by Crippen LogP contribution is -2.24. The molecule has 3 rings (SSSR count). The highest BCUT2D eigenvalue weighted by Gasteiger charge is 2.10. The number of benzene rings is 1. The predicted molar refractivity (Wildman–Crippen MR) is 84.0 cm³/mol. The molecule has 0 radical (unpaired) electrons. The maximum absolute atomic E-state index is 12.0. The molecular weight excluding hydrogens is 292 g/mol. The van der Waals surface area contributed by atoms with E-state index in [2.05, 4.69) is 20.3 Å². The summed E-state index contributed by atoms with van der Waals surface area (Å²) in [6.45, 7) is 0.283. The number of carbonyl (C=O) groups excluding carboxylic acids is 1. The number of hydrogen-bond acceptors (Lipinski definition) is 5. The molecule has 0 saturated heterocycles. The first kappa shape index (κ1) is 14.6. The normalized spacial score (nSPS) is 10.1. The third kappa shape index (κ3) is 3.88. The van der Waals surface area contributed by atoms with E-state index in [0.717, 1.165) is 5.56 Å². The van der Waals surface area contributed by atoms with Crippen LogP contribution in [0.4, 0.5) is 0 Å². The van der Waals surface area contributed by atoms with E-state index in [-0.39, 0.29) is 18.1 Å². The zero-order chi connectivity index (χ0) is 15.9. The standard InChI is InChI=1S/C17H14N4O2/c22-16(15-12-18-9-10-19-15)21-11-13-5-4-8-20-17(13)23-14-6-2-1-3-7-14/h1-10,12H,11H2,(H,21,22). The molecule has 0 unspecified atom stereocenters. The summed E-state index contributed by atoms with van der Waals surface area (Å²) in [6.07, 6.45) is 6.05. The first-order chi connectivity index (χ1) is 11.3. The van der Waals surface area contributed by atoms with Crippen LogP contribution in [0.1, 0.15) is 16.1 Å². The highest BCUT2D eigenvalue weighted by molar-refractivity contribution is 5.91. The van der Waals surface area contributed by atoms with Crippen LogP contribution >= 0.6 is 0 Å². The van der Waals surface area contributed by atoms with Crippen LogP contribution in [0.15, 0.2) is 67.3 Å². The van der Waals surface area contributed by atoms with Crippen LogP contribution in [0.3, 0.4) is 0 Å². The van der Waals surface area contributed by atoms with Crippen LogP contribution in [0, 0.1) is 0 Å². The van der Waals surface area contributed by atoms with Crippen LogP contribution in [0.2, 0.25) is 0 Å². The van der Waals surface area contributed by atoms with Crippen LogP contribution in [-0.4, -0.2) is 20.9 Å². The monoisotopic (exact) mass is 306 g/mol. The summed E-state index contributed by atoms with van der Waals surface area (Å²) in [5, 5.41) is 2.78. The Balaban J connectivity index is 1.70. The largest absolute Gasteiger partial charge is 0.439 e. The quantitative estimate of drug-likeness (QED) is 0.784. The number of pyridine rings is 1. The van der Waals surface area contributed by atoms with Gasteiger partial charge in [0.1, 0.15) is 11.4 Å². The van der Waals surface area contributed by atoms with Crippen molar-refractivity contribution in [2.75, 3.05) is 0 Å². The Morgan fingerprint density at radius 2 is 1.87 bits per heavy atom. The highest BCUT2D eigenvalue weighted by Crippen LogP contribution is 2.22. The Morgan fingerprint density at radius 3 is 2.65 bits per heavy atom. The van der Waals surface area contributed by atoms with Gasteiger partial charge in [-0.3, -0.25) is 9.78 Å². The Bertz CT molecular complexity index is 779. The molecule has 0 saturated carbocycles. The van der Waals surface area contributed by atoms with Crippen molar-refractivity contribution in [2.24, 2.45) is 0 Å². The van der Waals surface area contributed by atoms with E-state index in [4.69, 9.17) is 4.74 Å². The molecule has 3 aromatic rings. The van der Waals surface area contributed by atoms with Crippen molar-refractivity contribution in [1.82, 2.24) is 20.3 Å². The highest BCUT2D eigenvalue weighted by atomic mass is 16.5. The fourth-order valence-corrected chi connectivity index (χ4v) is 1.93. The summed E-state index contributed by atoms with van der Waals surface area (Å²) in [4.78, 5) is 24.1. The Labute approximate surface area is 133 Å². The smallest absolute Gasteiger partial charge is 0.271 e. The van der Waals surface area contributed by atoms with Gasteiger partial charge in [0.2, 0.25) is 5.88 Å². The SMILES string of the molecule is O=C(NCc1cccnc1Oc1ccccc1)c1cnccn1. The third-order valence-corrected chi connectivity index (χ3v) is 3.04. The van der Waals surface area contributed by atoms with Gasteiger partial charge in [-0.25, -0.2) is 9.97 Å². The zero-order valence-electron chi connectivity index (χ0n) is 12.2. The molecule has 0 aliphatic heterocycles. The lowest BCUT2D eigenvalue weighted by Gasteiger charge is -2.10. The Morgan fingerprint density at radius 1 is 1.00 bits per heavy atom. The second-order valence-electron chi connectivity index (χ2n) is 4.66. The molecule has 1 N–H and O–H groups in total. The summed E-state index contributed by atoms with van der Waals surface area (Å²) in [5.74, 6) is 0.846. The Hall–Kier alpha value is -3.28. The molecule has 2 heterocycles. The van der Waals surface area contributed by atoms with E-state index in [1.807, 2.05) is 36.4 Å². The minimum Gasteiger partial charge on any atom is -0.439 e. The molecule has 1 aromatic carbocycles. The number of amides is 1. The van der Waals surface area contributed by atoms with E-state index in [1.165, 1.54) is 18.6 Å². The second kappa shape index (κ2) is 7.13. The molecule has 0 fully saturated rings. The van der Waals surface area contributed by atoms with E-state index in [0.29, 0.717) is 11.6 Å². The fourth-order valence-electron chi connectivity index (χ4n) is 1.93. The average molecular weight is 306 g/mol. The van der Waals surface area contributed by atoms with Crippen molar-refractivity contribution in [1.29, 1.82) is 0 Å². The van der Waals surface area contributed by atoms with Crippen molar-refractivity contribution in [3.05, 3.63) is 78.5 Å². The average Bonchev–Trinajstić information content (AvgIpc) is 2.62. The summed E-state index contributed by atoms with van der Waals surface area (Å²) in [7, 11) is 0. The van der Waals surface area contributed by atoms with E-state index in [9.17, 15) is 4.79 Å². The lowest BCUT2D eigenvalue weighted by molar-refractivity contribution is 0.0945. The molecule has 0 aliphatic rings.